The van der Waals surface area contributed by atoms with Gasteiger partial charge in [0.05, 0.1) is 16.8 Å². The lowest BCUT2D eigenvalue weighted by molar-refractivity contribution is 0.0549. The molecule has 0 spiro atoms. The summed E-state index contributed by atoms with van der Waals surface area (Å²) in [7, 11) is 0. The molecule has 2 amide bonds. The van der Waals surface area contributed by atoms with Crippen LogP contribution in [-0.4, -0.2) is 34.2 Å². The summed E-state index contributed by atoms with van der Waals surface area (Å²) in [4.78, 5) is 31.4. The average molecular weight is 342 g/mol. The van der Waals surface area contributed by atoms with Gasteiger partial charge in [0.1, 0.15) is 0 Å². The van der Waals surface area contributed by atoms with Crippen molar-refractivity contribution < 1.29 is 9.59 Å². The predicted molar refractivity (Wildman–Crippen MR) is 93.2 cm³/mol. The summed E-state index contributed by atoms with van der Waals surface area (Å²) in [5, 5.41) is 11.6. The summed E-state index contributed by atoms with van der Waals surface area (Å²) in [5.74, 6) is -0.489. The molecular formula is C17H18N4O2S. The van der Waals surface area contributed by atoms with E-state index in [1.165, 1.54) is 16.7 Å². The molecule has 1 aliphatic heterocycles. The molecule has 0 aromatic heterocycles. The van der Waals surface area contributed by atoms with Crippen LogP contribution in [0, 0.1) is 11.5 Å². The van der Waals surface area contributed by atoms with Crippen LogP contribution in [0.4, 0.5) is 5.69 Å². The average Bonchev–Trinajstić information content (AvgIpc) is 2.87. The van der Waals surface area contributed by atoms with Crippen molar-refractivity contribution in [2.75, 3.05) is 6.26 Å². The van der Waals surface area contributed by atoms with Crippen molar-refractivity contribution in [3.63, 3.8) is 0 Å². The Hall–Kier alpha value is -2.33. The number of hydrogen-bond donors (Lipinski definition) is 1. The molecule has 124 valence electrons. The van der Waals surface area contributed by atoms with Gasteiger partial charge in [-0.25, -0.2) is 4.99 Å². The van der Waals surface area contributed by atoms with E-state index in [4.69, 9.17) is 5.26 Å². The smallest absolute Gasteiger partial charge is 0.264 e. The van der Waals surface area contributed by atoms with E-state index in [0.29, 0.717) is 22.0 Å². The summed E-state index contributed by atoms with van der Waals surface area (Å²) in [6.07, 6.45) is 8.60. The van der Waals surface area contributed by atoms with Gasteiger partial charge in [-0.15, -0.1) is 0 Å². The van der Waals surface area contributed by atoms with E-state index in [0.717, 1.165) is 32.1 Å². The van der Waals surface area contributed by atoms with Crippen LogP contribution in [-0.2, 0) is 0 Å². The lowest BCUT2D eigenvalue weighted by Crippen LogP contribution is -2.40. The van der Waals surface area contributed by atoms with Crippen molar-refractivity contribution in [3.8, 4) is 6.19 Å². The van der Waals surface area contributed by atoms with Crippen LogP contribution in [0.5, 0.6) is 0 Å². The van der Waals surface area contributed by atoms with Crippen LogP contribution in [0.15, 0.2) is 23.2 Å². The Morgan fingerprint density at radius 3 is 2.71 bits per heavy atom. The highest BCUT2D eigenvalue weighted by Gasteiger charge is 2.41. The summed E-state index contributed by atoms with van der Waals surface area (Å²) in [6.45, 7) is 0. The molecule has 6 nitrogen and oxygen atoms in total. The maximum atomic E-state index is 12.9. The fraction of sp³-hybridized carbons (Fsp3) is 0.412. The molecule has 1 saturated carbocycles. The number of amidine groups is 1. The first-order chi connectivity index (χ1) is 11.7. The molecule has 0 saturated heterocycles. The van der Waals surface area contributed by atoms with E-state index in [2.05, 4.69) is 10.3 Å². The summed E-state index contributed by atoms with van der Waals surface area (Å²) in [6, 6.07) is 5.08. The number of benzene rings is 1. The molecule has 1 aromatic carbocycles. The van der Waals surface area contributed by atoms with E-state index < -0.39 is 0 Å². The van der Waals surface area contributed by atoms with Gasteiger partial charge in [0.25, 0.3) is 11.8 Å². The van der Waals surface area contributed by atoms with Crippen molar-refractivity contribution in [2.45, 2.75) is 38.1 Å². The fourth-order valence-electron chi connectivity index (χ4n) is 3.33. The van der Waals surface area contributed by atoms with E-state index in [1.807, 2.05) is 6.19 Å². The predicted octanol–water partition coefficient (Wildman–Crippen LogP) is 3.04. The second-order valence-electron chi connectivity index (χ2n) is 5.83. The van der Waals surface area contributed by atoms with Crippen LogP contribution < -0.4 is 5.32 Å². The highest BCUT2D eigenvalue weighted by atomic mass is 32.2. The first-order valence-corrected chi connectivity index (χ1v) is 9.18. The number of fused-ring (bicyclic) bond motifs is 1. The first-order valence-electron chi connectivity index (χ1n) is 7.96. The number of carbonyl (C=O) groups excluding carboxylic acids is 2. The van der Waals surface area contributed by atoms with Crippen molar-refractivity contribution in [3.05, 3.63) is 29.3 Å². The third kappa shape index (κ3) is 2.89. The molecular weight excluding hydrogens is 324 g/mol. The number of hydrogen-bond acceptors (Lipinski definition) is 5. The Morgan fingerprint density at radius 1 is 1.29 bits per heavy atom. The molecule has 0 atom stereocenters. The maximum absolute atomic E-state index is 12.9. The second-order valence-corrected chi connectivity index (χ2v) is 6.62. The zero-order valence-corrected chi connectivity index (χ0v) is 14.2. The lowest BCUT2D eigenvalue weighted by atomic mass is 9.94. The zero-order valence-electron chi connectivity index (χ0n) is 13.4. The molecule has 0 bridgehead atoms. The largest absolute Gasteiger partial charge is 0.271 e. The number of imide groups is 1. The van der Waals surface area contributed by atoms with E-state index >= 15 is 0 Å². The van der Waals surface area contributed by atoms with Crippen LogP contribution in [0.2, 0.25) is 0 Å². The number of amides is 2. The molecule has 0 unspecified atom stereocenters. The Balaban J connectivity index is 1.99. The van der Waals surface area contributed by atoms with Gasteiger partial charge in [-0.1, -0.05) is 37.1 Å². The van der Waals surface area contributed by atoms with Crippen molar-refractivity contribution in [1.82, 2.24) is 10.2 Å². The minimum atomic E-state index is -0.265. The molecule has 2 aliphatic rings. The number of nitriles is 1. The molecule has 0 radical (unpaired) electrons. The number of nitrogens with one attached hydrogen (secondary N) is 1. The molecule has 1 N–H and O–H groups in total. The highest BCUT2D eigenvalue weighted by molar-refractivity contribution is 8.13. The van der Waals surface area contributed by atoms with Crippen molar-refractivity contribution in [2.24, 2.45) is 4.99 Å². The Kier molecular flexibility index (Phi) is 4.86. The third-order valence-corrected chi connectivity index (χ3v) is 5.02. The first kappa shape index (κ1) is 16.5. The molecule has 24 heavy (non-hydrogen) atoms. The maximum Gasteiger partial charge on any atom is 0.264 e. The molecule has 1 fully saturated rings. The number of carbonyl (C=O) groups is 2. The van der Waals surface area contributed by atoms with Gasteiger partial charge in [-0.05, 0) is 31.2 Å². The normalized spacial score (nSPS) is 18.5. The van der Waals surface area contributed by atoms with Crippen molar-refractivity contribution >= 4 is 34.4 Å². The number of aliphatic imine (C=N–C) groups is 1. The van der Waals surface area contributed by atoms with Crippen molar-refractivity contribution in [1.29, 1.82) is 5.26 Å². The SMILES string of the molecule is CSC(=Nc1cccc2c1C(=O)N(C1CCCCC1)C2=O)NC#N. The lowest BCUT2D eigenvalue weighted by Gasteiger charge is -2.29. The Morgan fingerprint density at radius 2 is 2.04 bits per heavy atom. The zero-order chi connectivity index (χ0) is 17.1. The molecule has 7 heteroatoms. The van der Waals surface area contributed by atoms with Gasteiger partial charge in [0.15, 0.2) is 11.4 Å². The number of rotatable bonds is 2. The van der Waals surface area contributed by atoms with E-state index in [-0.39, 0.29) is 17.9 Å². The number of thioether (sulfide) groups is 1. The van der Waals surface area contributed by atoms with E-state index in [1.54, 1.807) is 24.5 Å². The molecule has 3 rings (SSSR count). The minimum absolute atomic E-state index is 0.0137. The second kappa shape index (κ2) is 7.05. The molecule has 1 aromatic rings. The van der Waals surface area contributed by atoms with Crippen LogP contribution in [0.25, 0.3) is 0 Å². The van der Waals surface area contributed by atoms with Crippen LogP contribution >= 0.6 is 11.8 Å². The topological polar surface area (TPSA) is 85.6 Å². The monoisotopic (exact) mass is 342 g/mol. The number of nitrogens with zero attached hydrogens (tertiary/aromatic N) is 3. The Labute approximate surface area is 144 Å². The summed E-state index contributed by atoms with van der Waals surface area (Å²) >= 11 is 1.27. The molecule has 1 heterocycles. The Bertz CT molecular complexity index is 747. The van der Waals surface area contributed by atoms with Gasteiger partial charge >= 0.3 is 0 Å². The standard InChI is InChI=1S/C17H18N4O2S/c1-24-17(19-10-18)20-13-9-5-8-12-14(13)16(23)21(15(12)22)11-6-3-2-4-7-11/h5,8-9,11H,2-4,6-7H2,1H3,(H,19,20). The van der Waals surface area contributed by atoms with Gasteiger partial charge in [0, 0.05) is 6.04 Å². The van der Waals surface area contributed by atoms with Crippen LogP contribution in [0.3, 0.4) is 0 Å². The van der Waals surface area contributed by atoms with Gasteiger partial charge in [-0.2, -0.15) is 5.26 Å². The quantitative estimate of drug-likeness (QED) is 0.293. The summed E-state index contributed by atoms with van der Waals surface area (Å²) in [5.41, 5.74) is 1.18. The highest BCUT2D eigenvalue weighted by Crippen LogP contribution is 2.35. The van der Waals surface area contributed by atoms with Gasteiger partial charge in [-0.3, -0.25) is 19.8 Å². The minimum Gasteiger partial charge on any atom is -0.271 e. The van der Waals surface area contributed by atoms with E-state index in [9.17, 15) is 9.59 Å². The fourth-order valence-corrected chi connectivity index (χ4v) is 3.67. The molecule has 1 aliphatic carbocycles. The van der Waals surface area contributed by atoms with Gasteiger partial charge < -0.3 is 0 Å². The van der Waals surface area contributed by atoms with Gasteiger partial charge in [0.2, 0.25) is 0 Å². The van der Waals surface area contributed by atoms with Crippen LogP contribution in [0.1, 0.15) is 52.8 Å². The third-order valence-electron chi connectivity index (χ3n) is 4.44. The summed E-state index contributed by atoms with van der Waals surface area (Å²) < 4.78 is 0.